The van der Waals surface area contributed by atoms with Crippen molar-refractivity contribution in [3.63, 3.8) is 0 Å². The normalized spacial score (nSPS) is 20.7. The van der Waals surface area contributed by atoms with Crippen LogP contribution in [0.15, 0.2) is 24.3 Å². The molecule has 1 aromatic rings. The Bertz CT molecular complexity index is 304. The summed E-state index contributed by atoms with van der Waals surface area (Å²) in [6, 6.07) is 8.68. The summed E-state index contributed by atoms with van der Waals surface area (Å²) in [5, 5.41) is 3.51. The van der Waals surface area contributed by atoms with Gasteiger partial charge in [0.15, 0.2) is 0 Å². The highest BCUT2D eigenvalue weighted by atomic mass is 16.5. The van der Waals surface area contributed by atoms with Gasteiger partial charge in [-0.15, -0.1) is 0 Å². The third kappa shape index (κ3) is 3.22. The number of nitrogens with one attached hydrogen (secondary N) is 1. The Labute approximate surface area is 96.8 Å². The lowest BCUT2D eigenvalue weighted by Crippen LogP contribution is -2.36. The summed E-state index contributed by atoms with van der Waals surface area (Å²) in [4.78, 5) is 0. The molecule has 1 aromatic carbocycles. The van der Waals surface area contributed by atoms with E-state index in [4.69, 9.17) is 9.47 Å². The van der Waals surface area contributed by atoms with Crippen LogP contribution in [0.4, 0.5) is 0 Å². The molecule has 1 aliphatic rings. The standard InChI is InChI=1S/C13H19NO2/c1-15-13-6-4-11(5-7-13)9-14-12-3-2-8-16-10-12/h4-7,12,14H,2-3,8-10H2,1H3. The second kappa shape index (κ2) is 5.87. The number of ether oxygens (including phenoxy) is 2. The second-order valence-corrected chi connectivity index (χ2v) is 4.14. The molecular formula is C13H19NO2. The van der Waals surface area contributed by atoms with E-state index in [1.54, 1.807) is 7.11 Å². The molecule has 1 N–H and O–H groups in total. The predicted molar refractivity (Wildman–Crippen MR) is 63.7 cm³/mol. The van der Waals surface area contributed by atoms with Gasteiger partial charge in [0.25, 0.3) is 0 Å². The number of benzene rings is 1. The highest BCUT2D eigenvalue weighted by Crippen LogP contribution is 2.12. The van der Waals surface area contributed by atoms with Crippen molar-refractivity contribution < 1.29 is 9.47 Å². The molecule has 2 rings (SSSR count). The molecule has 3 heteroatoms. The summed E-state index contributed by atoms with van der Waals surface area (Å²) in [5.74, 6) is 0.907. The zero-order chi connectivity index (χ0) is 11.2. The molecule has 88 valence electrons. The first kappa shape index (κ1) is 11.4. The van der Waals surface area contributed by atoms with Gasteiger partial charge in [-0.1, -0.05) is 12.1 Å². The van der Waals surface area contributed by atoms with Crippen LogP contribution in [-0.4, -0.2) is 26.4 Å². The fourth-order valence-electron chi connectivity index (χ4n) is 1.91. The lowest BCUT2D eigenvalue weighted by atomic mass is 10.1. The zero-order valence-corrected chi connectivity index (χ0v) is 9.74. The number of methoxy groups -OCH3 is 1. The Morgan fingerprint density at radius 3 is 2.81 bits per heavy atom. The molecule has 0 radical (unpaired) electrons. The van der Waals surface area contributed by atoms with Crippen LogP contribution in [0.25, 0.3) is 0 Å². The topological polar surface area (TPSA) is 30.5 Å². The molecule has 1 atom stereocenters. The average Bonchev–Trinajstić information content (AvgIpc) is 2.38. The first-order valence-corrected chi connectivity index (χ1v) is 5.82. The molecule has 0 aromatic heterocycles. The maximum Gasteiger partial charge on any atom is 0.118 e. The van der Waals surface area contributed by atoms with Gasteiger partial charge in [0.1, 0.15) is 5.75 Å². The summed E-state index contributed by atoms with van der Waals surface area (Å²) in [5.41, 5.74) is 1.28. The molecule has 1 aliphatic heterocycles. The van der Waals surface area contributed by atoms with Gasteiger partial charge in [-0.05, 0) is 30.5 Å². The summed E-state index contributed by atoms with van der Waals surface area (Å²) < 4.78 is 10.5. The molecular weight excluding hydrogens is 202 g/mol. The van der Waals surface area contributed by atoms with Crippen LogP contribution in [0.5, 0.6) is 5.75 Å². The summed E-state index contributed by atoms with van der Waals surface area (Å²) in [6.07, 6.45) is 2.39. The fraction of sp³-hybridized carbons (Fsp3) is 0.538. The maximum atomic E-state index is 5.42. The molecule has 0 amide bonds. The first-order valence-electron chi connectivity index (χ1n) is 5.82. The number of hydrogen-bond donors (Lipinski definition) is 1. The van der Waals surface area contributed by atoms with Gasteiger partial charge in [0, 0.05) is 19.2 Å². The minimum Gasteiger partial charge on any atom is -0.497 e. The number of rotatable bonds is 4. The Kier molecular flexibility index (Phi) is 4.19. The maximum absolute atomic E-state index is 5.42. The molecule has 0 aliphatic carbocycles. The van der Waals surface area contributed by atoms with Crippen LogP contribution in [0.2, 0.25) is 0 Å². The minimum absolute atomic E-state index is 0.510. The molecule has 3 nitrogen and oxygen atoms in total. The molecule has 16 heavy (non-hydrogen) atoms. The van der Waals surface area contributed by atoms with Crippen LogP contribution in [-0.2, 0) is 11.3 Å². The molecule has 0 bridgehead atoms. The van der Waals surface area contributed by atoms with Crippen LogP contribution < -0.4 is 10.1 Å². The minimum atomic E-state index is 0.510. The Balaban J connectivity index is 1.79. The van der Waals surface area contributed by atoms with Gasteiger partial charge >= 0.3 is 0 Å². The molecule has 0 spiro atoms. The van der Waals surface area contributed by atoms with E-state index >= 15 is 0 Å². The molecule has 0 saturated carbocycles. The van der Waals surface area contributed by atoms with Crippen molar-refractivity contribution in [3.05, 3.63) is 29.8 Å². The van der Waals surface area contributed by atoms with E-state index < -0.39 is 0 Å². The Hall–Kier alpha value is -1.06. The average molecular weight is 221 g/mol. The van der Waals surface area contributed by atoms with E-state index in [1.165, 1.54) is 18.4 Å². The van der Waals surface area contributed by atoms with Crippen LogP contribution >= 0.6 is 0 Å². The third-order valence-electron chi connectivity index (χ3n) is 2.91. The van der Waals surface area contributed by atoms with Gasteiger partial charge in [0.2, 0.25) is 0 Å². The van der Waals surface area contributed by atoms with Crippen molar-refractivity contribution in [3.8, 4) is 5.75 Å². The van der Waals surface area contributed by atoms with Gasteiger partial charge in [0.05, 0.1) is 13.7 Å². The van der Waals surface area contributed by atoms with E-state index in [0.29, 0.717) is 6.04 Å². The summed E-state index contributed by atoms with van der Waals surface area (Å²) in [7, 11) is 1.69. The molecule has 1 fully saturated rings. The van der Waals surface area contributed by atoms with Crippen LogP contribution in [0.1, 0.15) is 18.4 Å². The van der Waals surface area contributed by atoms with E-state index in [0.717, 1.165) is 25.5 Å². The SMILES string of the molecule is COc1ccc(CNC2CCCOC2)cc1. The van der Waals surface area contributed by atoms with E-state index in [2.05, 4.69) is 17.4 Å². The van der Waals surface area contributed by atoms with Crippen LogP contribution in [0.3, 0.4) is 0 Å². The van der Waals surface area contributed by atoms with Gasteiger partial charge < -0.3 is 14.8 Å². The first-order chi connectivity index (χ1) is 7.88. The van der Waals surface area contributed by atoms with E-state index in [1.807, 2.05) is 12.1 Å². The van der Waals surface area contributed by atoms with Gasteiger partial charge in [-0.25, -0.2) is 0 Å². The van der Waals surface area contributed by atoms with E-state index in [9.17, 15) is 0 Å². The summed E-state index contributed by atoms with van der Waals surface area (Å²) in [6.45, 7) is 2.66. The van der Waals surface area contributed by atoms with Crippen molar-refractivity contribution in [2.24, 2.45) is 0 Å². The van der Waals surface area contributed by atoms with Crippen molar-refractivity contribution in [1.82, 2.24) is 5.32 Å². The Morgan fingerprint density at radius 1 is 1.38 bits per heavy atom. The Morgan fingerprint density at radius 2 is 2.19 bits per heavy atom. The van der Waals surface area contributed by atoms with Crippen LogP contribution in [0, 0.1) is 0 Å². The van der Waals surface area contributed by atoms with Gasteiger partial charge in [-0.2, -0.15) is 0 Å². The zero-order valence-electron chi connectivity index (χ0n) is 9.74. The van der Waals surface area contributed by atoms with Crippen molar-refractivity contribution in [2.45, 2.75) is 25.4 Å². The molecule has 1 saturated heterocycles. The monoisotopic (exact) mass is 221 g/mol. The summed E-state index contributed by atoms with van der Waals surface area (Å²) >= 11 is 0. The largest absolute Gasteiger partial charge is 0.497 e. The van der Waals surface area contributed by atoms with Crippen molar-refractivity contribution in [2.75, 3.05) is 20.3 Å². The smallest absolute Gasteiger partial charge is 0.118 e. The fourth-order valence-corrected chi connectivity index (χ4v) is 1.91. The number of hydrogen-bond acceptors (Lipinski definition) is 3. The lowest BCUT2D eigenvalue weighted by molar-refractivity contribution is 0.0699. The highest BCUT2D eigenvalue weighted by Gasteiger charge is 2.12. The third-order valence-corrected chi connectivity index (χ3v) is 2.91. The predicted octanol–water partition coefficient (Wildman–Crippen LogP) is 1.96. The van der Waals surface area contributed by atoms with Crippen molar-refractivity contribution in [1.29, 1.82) is 0 Å². The van der Waals surface area contributed by atoms with E-state index in [-0.39, 0.29) is 0 Å². The molecule has 1 heterocycles. The second-order valence-electron chi connectivity index (χ2n) is 4.14. The van der Waals surface area contributed by atoms with Gasteiger partial charge in [-0.3, -0.25) is 0 Å². The molecule has 1 unspecified atom stereocenters. The lowest BCUT2D eigenvalue weighted by Gasteiger charge is -2.23. The highest BCUT2D eigenvalue weighted by molar-refractivity contribution is 5.27. The quantitative estimate of drug-likeness (QED) is 0.843. The van der Waals surface area contributed by atoms with Crippen molar-refractivity contribution >= 4 is 0 Å².